The maximum Gasteiger partial charge on any atom is 0.240 e. The Balaban J connectivity index is 4.40. The summed E-state index contributed by atoms with van der Waals surface area (Å²) in [4.78, 5) is 24.1. The third-order valence-electron chi connectivity index (χ3n) is 2.18. The minimum Gasteiger partial charge on any atom is -0.368 e. The zero-order valence-corrected chi connectivity index (χ0v) is 9.82. The summed E-state index contributed by atoms with van der Waals surface area (Å²) in [5.41, 5.74) is 10.7. The first-order valence-corrected chi connectivity index (χ1v) is 5.46. The van der Waals surface area contributed by atoms with Crippen LogP contribution >= 0.6 is 0 Å². The fourth-order valence-electron chi connectivity index (χ4n) is 1.32. The number of unbranched alkanes of at least 4 members (excludes halogenated alkanes) is 1. The van der Waals surface area contributed by atoms with Gasteiger partial charge in [0.25, 0.3) is 0 Å². The third kappa shape index (κ3) is 5.50. The molecule has 0 fully saturated rings. The molecule has 5 heteroatoms. The summed E-state index contributed by atoms with van der Waals surface area (Å²) in [5, 5.41) is 0. The molecule has 1 unspecified atom stereocenters. The summed E-state index contributed by atoms with van der Waals surface area (Å²) in [7, 11) is 0. The fourth-order valence-corrected chi connectivity index (χ4v) is 1.32. The van der Waals surface area contributed by atoms with Crippen molar-refractivity contribution in [1.29, 1.82) is 0 Å². The van der Waals surface area contributed by atoms with Gasteiger partial charge in [-0.05, 0) is 12.8 Å². The van der Waals surface area contributed by atoms with Crippen LogP contribution in [0.3, 0.4) is 0 Å². The van der Waals surface area contributed by atoms with Gasteiger partial charge in [0, 0.05) is 6.54 Å². The maximum absolute atomic E-state index is 11.8. The first-order chi connectivity index (χ1) is 7.52. The lowest BCUT2D eigenvalue weighted by molar-refractivity contribution is -0.136. The summed E-state index contributed by atoms with van der Waals surface area (Å²) in [6.07, 6.45) is 3.77. The molecule has 0 radical (unpaired) electrons. The van der Waals surface area contributed by atoms with Crippen LogP contribution in [0.2, 0.25) is 0 Å². The molecular weight excluding hydrogens is 206 g/mol. The van der Waals surface area contributed by atoms with Gasteiger partial charge in [0.15, 0.2) is 0 Å². The zero-order valence-electron chi connectivity index (χ0n) is 9.82. The van der Waals surface area contributed by atoms with Crippen LogP contribution in [0.4, 0.5) is 0 Å². The van der Waals surface area contributed by atoms with Crippen LogP contribution < -0.4 is 11.5 Å². The van der Waals surface area contributed by atoms with E-state index in [0.717, 1.165) is 12.8 Å². The predicted molar refractivity (Wildman–Crippen MR) is 63.5 cm³/mol. The molecule has 0 rings (SSSR count). The minimum absolute atomic E-state index is 0.0658. The molecule has 0 aliphatic rings. The Hall–Kier alpha value is -1.36. The number of primary amides is 1. The van der Waals surface area contributed by atoms with E-state index in [1.54, 1.807) is 6.08 Å². The lowest BCUT2D eigenvalue weighted by Gasteiger charge is -2.23. The molecule has 0 saturated heterocycles. The van der Waals surface area contributed by atoms with Gasteiger partial charge in [0.2, 0.25) is 11.8 Å². The molecule has 0 aliphatic carbocycles. The lowest BCUT2D eigenvalue weighted by atomic mass is 10.2. The largest absolute Gasteiger partial charge is 0.368 e. The Kier molecular flexibility index (Phi) is 7.20. The summed E-state index contributed by atoms with van der Waals surface area (Å²) < 4.78 is 0. The highest BCUT2D eigenvalue weighted by Crippen LogP contribution is 2.01. The molecule has 2 amide bonds. The Morgan fingerprint density at radius 1 is 1.50 bits per heavy atom. The van der Waals surface area contributed by atoms with E-state index in [2.05, 4.69) is 6.58 Å². The van der Waals surface area contributed by atoms with Gasteiger partial charge < -0.3 is 16.4 Å². The van der Waals surface area contributed by atoms with Gasteiger partial charge in [-0.3, -0.25) is 9.59 Å². The van der Waals surface area contributed by atoms with Gasteiger partial charge in [-0.15, -0.1) is 6.58 Å². The number of carbonyl (C=O) groups excluding carboxylic acids is 2. The van der Waals surface area contributed by atoms with E-state index in [1.165, 1.54) is 4.90 Å². The van der Waals surface area contributed by atoms with Gasteiger partial charge >= 0.3 is 0 Å². The van der Waals surface area contributed by atoms with Crippen LogP contribution in [0.25, 0.3) is 0 Å². The van der Waals surface area contributed by atoms with Gasteiger partial charge in [-0.2, -0.15) is 0 Å². The molecule has 0 spiro atoms. The van der Waals surface area contributed by atoms with Crippen molar-refractivity contribution in [1.82, 2.24) is 4.90 Å². The quantitative estimate of drug-likeness (QED) is 0.572. The topological polar surface area (TPSA) is 89.4 Å². The van der Waals surface area contributed by atoms with E-state index >= 15 is 0 Å². The van der Waals surface area contributed by atoms with Crippen LogP contribution in [0.5, 0.6) is 0 Å². The molecule has 4 N–H and O–H groups in total. The highest BCUT2D eigenvalue weighted by atomic mass is 16.2. The second-order valence-corrected chi connectivity index (χ2v) is 3.71. The summed E-state index contributed by atoms with van der Waals surface area (Å²) in [6.45, 7) is 5.98. The highest BCUT2D eigenvalue weighted by Gasteiger charge is 2.20. The van der Waals surface area contributed by atoms with Crippen LogP contribution in [0, 0.1) is 0 Å². The van der Waals surface area contributed by atoms with E-state index in [4.69, 9.17) is 11.5 Å². The number of hydrogen-bond acceptors (Lipinski definition) is 3. The average molecular weight is 227 g/mol. The SMILES string of the molecule is C=CCC(N)C(=O)N(CCCC)CC(N)=O. The van der Waals surface area contributed by atoms with Gasteiger partial charge in [-0.25, -0.2) is 0 Å². The maximum atomic E-state index is 11.8. The number of amides is 2. The van der Waals surface area contributed by atoms with Crippen molar-refractivity contribution < 1.29 is 9.59 Å². The first-order valence-electron chi connectivity index (χ1n) is 5.46. The van der Waals surface area contributed by atoms with Crippen molar-refractivity contribution in [3.63, 3.8) is 0 Å². The van der Waals surface area contributed by atoms with Gasteiger partial charge in [-0.1, -0.05) is 19.4 Å². The fraction of sp³-hybridized carbons (Fsp3) is 0.636. The highest BCUT2D eigenvalue weighted by molar-refractivity contribution is 5.86. The summed E-state index contributed by atoms with van der Waals surface area (Å²) in [5.74, 6) is -0.762. The monoisotopic (exact) mass is 227 g/mol. The lowest BCUT2D eigenvalue weighted by Crippen LogP contribution is -2.47. The Labute approximate surface area is 96.5 Å². The second-order valence-electron chi connectivity index (χ2n) is 3.71. The van der Waals surface area contributed by atoms with E-state index in [9.17, 15) is 9.59 Å². The molecule has 0 aromatic rings. The molecule has 92 valence electrons. The summed E-state index contributed by atoms with van der Waals surface area (Å²) in [6, 6.07) is -0.631. The predicted octanol–water partition coefficient (Wildman–Crippen LogP) is 0.00380. The summed E-state index contributed by atoms with van der Waals surface area (Å²) >= 11 is 0. The average Bonchev–Trinajstić information content (AvgIpc) is 2.23. The van der Waals surface area contributed by atoms with Crippen LogP contribution in [-0.2, 0) is 9.59 Å². The van der Waals surface area contributed by atoms with Gasteiger partial charge in [0.1, 0.15) is 0 Å². The normalized spacial score (nSPS) is 11.9. The molecule has 0 aromatic heterocycles. The minimum atomic E-state index is -0.631. The Bertz CT molecular complexity index is 254. The molecular formula is C11H21N3O2. The standard InChI is InChI=1S/C11H21N3O2/c1-3-5-7-14(8-10(13)15)11(16)9(12)6-4-2/h4,9H,2-3,5-8,12H2,1H3,(H2,13,15). The van der Waals surface area contributed by atoms with E-state index in [1.807, 2.05) is 6.92 Å². The van der Waals surface area contributed by atoms with Crippen molar-refractivity contribution in [2.45, 2.75) is 32.2 Å². The van der Waals surface area contributed by atoms with Crippen LogP contribution in [0.1, 0.15) is 26.2 Å². The van der Waals surface area contributed by atoms with Crippen molar-refractivity contribution in [3.8, 4) is 0 Å². The van der Waals surface area contributed by atoms with Crippen molar-refractivity contribution in [2.75, 3.05) is 13.1 Å². The third-order valence-corrected chi connectivity index (χ3v) is 2.18. The molecule has 0 aromatic carbocycles. The Morgan fingerprint density at radius 2 is 2.12 bits per heavy atom. The zero-order chi connectivity index (χ0) is 12.6. The molecule has 0 bridgehead atoms. The Morgan fingerprint density at radius 3 is 2.56 bits per heavy atom. The van der Waals surface area contributed by atoms with Crippen molar-refractivity contribution >= 4 is 11.8 Å². The molecule has 0 heterocycles. The van der Waals surface area contributed by atoms with Crippen LogP contribution in [-0.4, -0.2) is 35.8 Å². The molecule has 16 heavy (non-hydrogen) atoms. The number of nitrogens with two attached hydrogens (primary N) is 2. The van der Waals surface area contributed by atoms with Crippen LogP contribution in [0.15, 0.2) is 12.7 Å². The number of nitrogens with zero attached hydrogens (tertiary/aromatic N) is 1. The molecule has 0 aliphatic heterocycles. The number of rotatable bonds is 8. The van der Waals surface area contributed by atoms with Crippen molar-refractivity contribution in [2.24, 2.45) is 11.5 Å². The molecule has 1 atom stereocenters. The van der Waals surface area contributed by atoms with Crippen molar-refractivity contribution in [3.05, 3.63) is 12.7 Å². The number of carbonyl (C=O) groups is 2. The molecule has 5 nitrogen and oxygen atoms in total. The van der Waals surface area contributed by atoms with E-state index in [-0.39, 0.29) is 12.5 Å². The number of hydrogen-bond donors (Lipinski definition) is 2. The van der Waals surface area contributed by atoms with Gasteiger partial charge in [0.05, 0.1) is 12.6 Å². The van der Waals surface area contributed by atoms with E-state index in [0.29, 0.717) is 13.0 Å². The smallest absolute Gasteiger partial charge is 0.240 e. The molecule has 0 saturated carbocycles. The second kappa shape index (κ2) is 7.87. The first kappa shape index (κ1) is 14.6. The van der Waals surface area contributed by atoms with E-state index < -0.39 is 11.9 Å².